The molecule has 112 valence electrons. The van der Waals surface area contributed by atoms with Crippen LogP contribution in [0.1, 0.15) is 56.0 Å². The summed E-state index contributed by atoms with van der Waals surface area (Å²) in [4.78, 5) is 15.5. The van der Waals surface area contributed by atoms with Crippen molar-refractivity contribution >= 4 is 17.3 Å². The van der Waals surface area contributed by atoms with E-state index in [1.165, 1.54) is 10.4 Å². The van der Waals surface area contributed by atoms with Crippen LogP contribution in [-0.2, 0) is 4.79 Å². The standard InChI is InChI=1S/C16H25NO2S/c1-4-6-16(15(18)19)7-9-17(10-8-16)13(3)14-12(2)5-11-20-14/h5,11,13H,4,6-10H2,1-3H3,(H,18,19). The number of aliphatic carboxylic acids is 1. The molecular weight excluding hydrogens is 270 g/mol. The van der Waals surface area contributed by atoms with Gasteiger partial charge in [-0.3, -0.25) is 9.69 Å². The van der Waals surface area contributed by atoms with E-state index >= 15 is 0 Å². The summed E-state index contributed by atoms with van der Waals surface area (Å²) in [6, 6.07) is 2.57. The molecule has 0 bridgehead atoms. The van der Waals surface area contributed by atoms with Gasteiger partial charge in [0.2, 0.25) is 0 Å². The van der Waals surface area contributed by atoms with Crippen molar-refractivity contribution < 1.29 is 9.90 Å². The van der Waals surface area contributed by atoms with Crippen molar-refractivity contribution in [3.8, 4) is 0 Å². The quantitative estimate of drug-likeness (QED) is 0.889. The zero-order valence-corrected chi connectivity index (χ0v) is 13.5. The second kappa shape index (κ2) is 6.27. The van der Waals surface area contributed by atoms with Gasteiger partial charge < -0.3 is 5.11 Å². The van der Waals surface area contributed by atoms with Gasteiger partial charge in [0.25, 0.3) is 0 Å². The summed E-state index contributed by atoms with van der Waals surface area (Å²) in [6.45, 7) is 8.27. The molecule has 1 aliphatic heterocycles. The Kier molecular flexibility index (Phi) is 4.86. The average Bonchev–Trinajstić information content (AvgIpc) is 2.85. The summed E-state index contributed by atoms with van der Waals surface area (Å²) < 4.78 is 0. The van der Waals surface area contributed by atoms with Crippen LogP contribution in [0.4, 0.5) is 0 Å². The summed E-state index contributed by atoms with van der Waals surface area (Å²) in [7, 11) is 0. The third-order valence-electron chi connectivity index (χ3n) is 4.77. The van der Waals surface area contributed by atoms with E-state index in [0.717, 1.165) is 38.8 Å². The molecule has 3 nitrogen and oxygen atoms in total. The monoisotopic (exact) mass is 295 g/mol. The van der Waals surface area contributed by atoms with E-state index in [9.17, 15) is 9.90 Å². The highest BCUT2D eigenvalue weighted by atomic mass is 32.1. The van der Waals surface area contributed by atoms with Crippen molar-refractivity contribution in [2.45, 2.75) is 52.5 Å². The van der Waals surface area contributed by atoms with Gasteiger partial charge in [0.1, 0.15) is 0 Å². The van der Waals surface area contributed by atoms with Gasteiger partial charge in [-0.05, 0) is 63.2 Å². The van der Waals surface area contributed by atoms with E-state index in [2.05, 4.69) is 37.1 Å². The van der Waals surface area contributed by atoms with E-state index < -0.39 is 11.4 Å². The molecule has 1 aliphatic rings. The zero-order valence-electron chi connectivity index (χ0n) is 12.7. The van der Waals surface area contributed by atoms with Crippen LogP contribution in [0, 0.1) is 12.3 Å². The number of carboxylic acids is 1. The predicted octanol–water partition coefficient (Wildman–Crippen LogP) is 4.08. The minimum absolute atomic E-state index is 0.406. The molecule has 1 aromatic heterocycles. The summed E-state index contributed by atoms with van der Waals surface area (Å²) in [6.07, 6.45) is 3.32. The molecule has 1 atom stereocenters. The van der Waals surface area contributed by atoms with Crippen molar-refractivity contribution in [3.05, 3.63) is 21.9 Å². The topological polar surface area (TPSA) is 40.5 Å². The highest BCUT2D eigenvalue weighted by Gasteiger charge is 2.41. The van der Waals surface area contributed by atoms with Gasteiger partial charge in [-0.15, -0.1) is 11.3 Å². The molecular formula is C16H25NO2S. The number of piperidine rings is 1. The number of hydrogen-bond donors (Lipinski definition) is 1. The Hall–Kier alpha value is -0.870. The Bertz CT molecular complexity index is 461. The molecule has 1 saturated heterocycles. The van der Waals surface area contributed by atoms with E-state index in [1.807, 2.05) is 11.3 Å². The van der Waals surface area contributed by atoms with Gasteiger partial charge in [0.05, 0.1) is 5.41 Å². The molecule has 0 amide bonds. The highest BCUT2D eigenvalue weighted by molar-refractivity contribution is 7.10. The molecule has 2 rings (SSSR count). The smallest absolute Gasteiger partial charge is 0.309 e. The lowest BCUT2D eigenvalue weighted by molar-refractivity contribution is -0.153. The van der Waals surface area contributed by atoms with Crippen LogP contribution < -0.4 is 0 Å². The fraction of sp³-hybridized carbons (Fsp3) is 0.688. The first-order valence-corrected chi connectivity index (χ1v) is 8.39. The van der Waals surface area contributed by atoms with Gasteiger partial charge in [-0.1, -0.05) is 13.3 Å². The maximum absolute atomic E-state index is 11.6. The molecule has 0 saturated carbocycles. The number of thiophene rings is 1. The summed E-state index contributed by atoms with van der Waals surface area (Å²) in [5.41, 5.74) is 0.876. The molecule has 1 fully saturated rings. The Balaban J connectivity index is 2.03. The second-order valence-corrected chi connectivity index (χ2v) is 6.96. The minimum atomic E-state index is -0.598. The van der Waals surface area contributed by atoms with Gasteiger partial charge >= 0.3 is 5.97 Å². The molecule has 0 aromatic carbocycles. The number of likely N-dealkylation sites (tertiary alicyclic amines) is 1. The van der Waals surface area contributed by atoms with Crippen LogP contribution in [0.5, 0.6) is 0 Å². The Labute approximate surface area is 125 Å². The number of carbonyl (C=O) groups is 1. The number of aryl methyl sites for hydroxylation is 1. The van der Waals surface area contributed by atoms with Gasteiger partial charge in [-0.2, -0.15) is 0 Å². The number of rotatable bonds is 5. The molecule has 1 unspecified atom stereocenters. The van der Waals surface area contributed by atoms with Crippen LogP contribution in [0.25, 0.3) is 0 Å². The molecule has 4 heteroatoms. The van der Waals surface area contributed by atoms with Crippen molar-refractivity contribution in [1.82, 2.24) is 4.90 Å². The molecule has 0 aliphatic carbocycles. The maximum atomic E-state index is 11.6. The van der Waals surface area contributed by atoms with Crippen molar-refractivity contribution in [2.24, 2.45) is 5.41 Å². The fourth-order valence-electron chi connectivity index (χ4n) is 3.37. The number of carboxylic acid groups (broad SMARTS) is 1. The summed E-state index contributed by atoms with van der Waals surface area (Å²) in [5.74, 6) is -0.598. The zero-order chi connectivity index (χ0) is 14.8. The lowest BCUT2D eigenvalue weighted by Gasteiger charge is -2.41. The van der Waals surface area contributed by atoms with Crippen LogP contribution >= 0.6 is 11.3 Å². The minimum Gasteiger partial charge on any atom is -0.481 e. The Morgan fingerprint density at radius 3 is 2.60 bits per heavy atom. The van der Waals surface area contributed by atoms with Gasteiger partial charge in [0, 0.05) is 10.9 Å². The van der Waals surface area contributed by atoms with E-state index in [-0.39, 0.29) is 0 Å². The van der Waals surface area contributed by atoms with Gasteiger partial charge in [-0.25, -0.2) is 0 Å². The van der Waals surface area contributed by atoms with Crippen LogP contribution in [-0.4, -0.2) is 29.1 Å². The maximum Gasteiger partial charge on any atom is 0.309 e. The normalized spacial score (nSPS) is 20.8. The Morgan fingerprint density at radius 2 is 2.15 bits per heavy atom. The third kappa shape index (κ3) is 2.91. The predicted molar refractivity (Wildman–Crippen MR) is 83.3 cm³/mol. The number of nitrogens with zero attached hydrogens (tertiary/aromatic N) is 1. The fourth-order valence-corrected chi connectivity index (χ4v) is 4.39. The first-order valence-electron chi connectivity index (χ1n) is 7.51. The first-order chi connectivity index (χ1) is 9.50. The molecule has 1 N–H and O–H groups in total. The molecule has 0 radical (unpaired) electrons. The lowest BCUT2D eigenvalue weighted by Crippen LogP contribution is -2.45. The van der Waals surface area contributed by atoms with Crippen LogP contribution in [0.2, 0.25) is 0 Å². The first kappa shape index (κ1) is 15.5. The third-order valence-corrected chi connectivity index (χ3v) is 5.96. The van der Waals surface area contributed by atoms with Crippen LogP contribution in [0.3, 0.4) is 0 Å². The van der Waals surface area contributed by atoms with Crippen LogP contribution in [0.15, 0.2) is 11.4 Å². The SMILES string of the molecule is CCCC1(C(=O)O)CCN(C(C)c2sccc2C)CC1. The molecule has 1 aromatic rings. The highest BCUT2D eigenvalue weighted by Crippen LogP contribution is 2.39. The van der Waals surface area contributed by atoms with Crippen molar-refractivity contribution in [1.29, 1.82) is 0 Å². The van der Waals surface area contributed by atoms with E-state index in [0.29, 0.717) is 6.04 Å². The summed E-state index contributed by atoms with van der Waals surface area (Å²) >= 11 is 1.81. The molecule has 0 spiro atoms. The number of hydrogen-bond acceptors (Lipinski definition) is 3. The van der Waals surface area contributed by atoms with Crippen molar-refractivity contribution in [3.63, 3.8) is 0 Å². The van der Waals surface area contributed by atoms with E-state index in [4.69, 9.17) is 0 Å². The largest absolute Gasteiger partial charge is 0.481 e. The average molecular weight is 295 g/mol. The molecule has 20 heavy (non-hydrogen) atoms. The van der Waals surface area contributed by atoms with Crippen molar-refractivity contribution in [2.75, 3.05) is 13.1 Å². The lowest BCUT2D eigenvalue weighted by atomic mass is 9.74. The molecule has 2 heterocycles. The Morgan fingerprint density at radius 1 is 1.50 bits per heavy atom. The van der Waals surface area contributed by atoms with E-state index in [1.54, 1.807) is 0 Å². The summed E-state index contributed by atoms with van der Waals surface area (Å²) in [5, 5.41) is 11.7. The second-order valence-electron chi connectivity index (χ2n) is 6.02. The van der Waals surface area contributed by atoms with Gasteiger partial charge in [0.15, 0.2) is 0 Å².